The summed E-state index contributed by atoms with van der Waals surface area (Å²) in [6, 6.07) is 19.3. The van der Waals surface area contributed by atoms with Crippen LogP contribution in [0.3, 0.4) is 0 Å². The molecule has 2 aromatic carbocycles. The van der Waals surface area contributed by atoms with Gasteiger partial charge in [0, 0.05) is 12.2 Å². The summed E-state index contributed by atoms with van der Waals surface area (Å²) in [5, 5.41) is 3.56. The lowest BCUT2D eigenvalue weighted by atomic mass is 10.0. The van der Waals surface area contributed by atoms with Gasteiger partial charge in [-0.25, -0.2) is 0 Å². The highest BCUT2D eigenvalue weighted by Crippen LogP contribution is 2.23. The first-order chi connectivity index (χ1) is 9.27. The highest BCUT2D eigenvalue weighted by Gasteiger charge is 2.04. The molecular weight excluding hydrogens is 230 g/mol. The minimum absolute atomic E-state index is 0.567. The fourth-order valence-corrected chi connectivity index (χ4v) is 2.32. The van der Waals surface area contributed by atoms with Crippen molar-refractivity contribution < 1.29 is 0 Å². The molecule has 0 unspecified atom stereocenters. The van der Waals surface area contributed by atoms with Gasteiger partial charge in [0.15, 0.2) is 0 Å². The summed E-state index contributed by atoms with van der Waals surface area (Å²) in [7, 11) is 0. The van der Waals surface area contributed by atoms with Crippen molar-refractivity contribution in [2.24, 2.45) is 0 Å². The minimum Gasteiger partial charge on any atom is -0.385 e. The molecule has 0 aliphatic rings. The van der Waals surface area contributed by atoms with Gasteiger partial charge in [0.1, 0.15) is 0 Å². The standard InChI is InChI=1S/C18H23N/c1-15(2)17-12-6-7-13-18(17)19-14-8-11-16-9-4-3-5-10-16/h3-7,9-10,12-13,15,19H,8,11,14H2,1-2H3. The van der Waals surface area contributed by atoms with E-state index in [1.165, 1.54) is 16.8 Å². The van der Waals surface area contributed by atoms with E-state index in [2.05, 4.69) is 73.8 Å². The molecule has 0 fully saturated rings. The average Bonchev–Trinajstić information content (AvgIpc) is 2.45. The van der Waals surface area contributed by atoms with Crippen molar-refractivity contribution in [3.05, 3.63) is 65.7 Å². The van der Waals surface area contributed by atoms with E-state index in [4.69, 9.17) is 0 Å². The zero-order valence-electron chi connectivity index (χ0n) is 11.9. The molecule has 0 aliphatic heterocycles. The van der Waals surface area contributed by atoms with Gasteiger partial charge in [-0.3, -0.25) is 0 Å². The van der Waals surface area contributed by atoms with Crippen LogP contribution in [0.5, 0.6) is 0 Å². The maximum Gasteiger partial charge on any atom is 0.0375 e. The molecule has 2 aromatic rings. The minimum atomic E-state index is 0.567. The SMILES string of the molecule is CC(C)c1ccccc1NCCCc1ccccc1. The van der Waals surface area contributed by atoms with Crippen LogP contribution >= 0.6 is 0 Å². The lowest BCUT2D eigenvalue weighted by molar-refractivity contribution is 0.842. The summed E-state index contributed by atoms with van der Waals surface area (Å²) in [5.74, 6) is 0.567. The van der Waals surface area contributed by atoms with E-state index in [1.807, 2.05) is 0 Å². The quantitative estimate of drug-likeness (QED) is 0.725. The second kappa shape index (κ2) is 6.98. The number of rotatable bonds is 6. The first kappa shape index (κ1) is 13.7. The van der Waals surface area contributed by atoms with Crippen molar-refractivity contribution in [3.63, 3.8) is 0 Å². The molecule has 0 heterocycles. The van der Waals surface area contributed by atoms with Gasteiger partial charge in [-0.15, -0.1) is 0 Å². The van der Waals surface area contributed by atoms with Crippen molar-refractivity contribution in [1.82, 2.24) is 0 Å². The Labute approximate surface area is 116 Å². The number of aryl methyl sites for hydroxylation is 1. The van der Waals surface area contributed by atoms with Crippen LogP contribution in [0, 0.1) is 0 Å². The molecule has 0 bridgehead atoms. The third kappa shape index (κ3) is 4.13. The van der Waals surface area contributed by atoms with Gasteiger partial charge in [-0.2, -0.15) is 0 Å². The van der Waals surface area contributed by atoms with Gasteiger partial charge in [0.2, 0.25) is 0 Å². The number of anilines is 1. The van der Waals surface area contributed by atoms with Crippen molar-refractivity contribution >= 4 is 5.69 Å². The monoisotopic (exact) mass is 253 g/mol. The fraction of sp³-hybridized carbons (Fsp3) is 0.333. The molecule has 1 nitrogen and oxygen atoms in total. The number of hydrogen-bond acceptors (Lipinski definition) is 1. The molecule has 0 aliphatic carbocycles. The number of benzene rings is 2. The molecule has 100 valence electrons. The predicted octanol–water partition coefficient (Wildman–Crippen LogP) is 4.85. The number of para-hydroxylation sites is 1. The Hall–Kier alpha value is -1.76. The Bertz CT molecular complexity index is 488. The van der Waals surface area contributed by atoms with Gasteiger partial charge in [0.05, 0.1) is 0 Å². The highest BCUT2D eigenvalue weighted by atomic mass is 14.9. The van der Waals surface area contributed by atoms with Crippen LogP contribution < -0.4 is 5.32 Å². The topological polar surface area (TPSA) is 12.0 Å². The normalized spacial score (nSPS) is 10.7. The summed E-state index contributed by atoms with van der Waals surface area (Å²) < 4.78 is 0. The van der Waals surface area contributed by atoms with E-state index in [0.29, 0.717) is 5.92 Å². The molecule has 19 heavy (non-hydrogen) atoms. The van der Waals surface area contributed by atoms with E-state index >= 15 is 0 Å². The Morgan fingerprint density at radius 2 is 1.58 bits per heavy atom. The van der Waals surface area contributed by atoms with E-state index < -0.39 is 0 Å². The molecule has 2 rings (SSSR count). The van der Waals surface area contributed by atoms with E-state index in [0.717, 1.165) is 19.4 Å². The van der Waals surface area contributed by atoms with Gasteiger partial charge < -0.3 is 5.32 Å². The Morgan fingerprint density at radius 3 is 2.32 bits per heavy atom. The van der Waals surface area contributed by atoms with Crippen LogP contribution in [0.4, 0.5) is 5.69 Å². The van der Waals surface area contributed by atoms with E-state index in [-0.39, 0.29) is 0 Å². The van der Waals surface area contributed by atoms with Crippen LogP contribution in [0.25, 0.3) is 0 Å². The third-order valence-corrected chi connectivity index (χ3v) is 3.38. The Balaban J connectivity index is 1.83. The molecule has 0 saturated carbocycles. The average molecular weight is 253 g/mol. The first-order valence-electron chi connectivity index (χ1n) is 7.14. The Kier molecular flexibility index (Phi) is 5.02. The Morgan fingerprint density at radius 1 is 0.895 bits per heavy atom. The molecule has 0 aromatic heterocycles. The second-order valence-electron chi connectivity index (χ2n) is 5.26. The first-order valence-corrected chi connectivity index (χ1v) is 7.14. The van der Waals surface area contributed by atoms with E-state index in [9.17, 15) is 0 Å². The highest BCUT2D eigenvalue weighted by molar-refractivity contribution is 5.52. The van der Waals surface area contributed by atoms with Gasteiger partial charge in [-0.05, 0) is 36.0 Å². The van der Waals surface area contributed by atoms with Gasteiger partial charge in [0.25, 0.3) is 0 Å². The van der Waals surface area contributed by atoms with E-state index in [1.54, 1.807) is 0 Å². The lowest BCUT2D eigenvalue weighted by Crippen LogP contribution is -2.06. The zero-order valence-corrected chi connectivity index (χ0v) is 11.9. The van der Waals surface area contributed by atoms with Gasteiger partial charge >= 0.3 is 0 Å². The largest absolute Gasteiger partial charge is 0.385 e. The van der Waals surface area contributed by atoms with Crippen LogP contribution in [-0.2, 0) is 6.42 Å². The molecular formula is C18H23N. The third-order valence-electron chi connectivity index (χ3n) is 3.38. The molecule has 1 heteroatoms. The van der Waals surface area contributed by atoms with Crippen LogP contribution in [0.15, 0.2) is 54.6 Å². The number of nitrogens with one attached hydrogen (secondary N) is 1. The molecule has 0 atom stereocenters. The predicted molar refractivity (Wildman–Crippen MR) is 83.8 cm³/mol. The van der Waals surface area contributed by atoms with Crippen molar-refractivity contribution in [2.75, 3.05) is 11.9 Å². The van der Waals surface area contributed by atoms with Crippen LogP contribution in [0.2, 0.25) is 0 Å². The summed E-state index contributed by atoms with van der Waals surface area (Å²) in [5.41, 5.74) is 4.11. The lowest BCUT2D eigenvalue weighted by Gasteiger charge is -2.14. The number of hydrogen-bond donors (Lipinski definition) is 1. The summed E-state index contributed by atoms with van der Waals surface area (Å²) in [6.07, 6.45) is 2.30. The van der Waals surface area contributed by atoms with Crippen molar-refractivity contribution in [3.8, 4) is 0 Å². The molecule has 0 spiro atoms. The maximum absolute atomic E-state index is 3.56. The van der Waals surface area contributed by atoms with Crippen molar-refractivity contribution in [1.29, 1.82) is 0 Å². The van der Waals surface area contributed by atoms with Crippen LogP contribution in [0.1, 0.15) is 37.3 Å². The van der Waals surface area contributed by atoms with Crippen molar-refractivity contribution in [2.45, 2.75) is 32.6 Å². The summed E-state index contributed by atoms with van der Waals surface area (Å²) >= 11 is 0. The fourth-order valence-electron chi connectivity index (χ4n) is 2.32. The maximum atomic E-state index is 3.56. The molecule has 0 amide bonds. The molecule has 0 saturated heterocycles. The molecule has 1 N–H and O–H groups in total. The smallest absolute Gasteiger partial charge is 0.0375 e. The molecule has 0 radical (unpaired) electrons. The van der Waals surface area contributed by atoms with Gasteiger partial charge in [-0.1, -0.05) is 62.4 Å². The summed E-state index contributed by atoms with van der Waals surface area (Å²) in [4.78, 5) is 0. The van der Waals surface area contributed by atoms with Crippen LogP contribution in [-0.4, -0.2) is 6.54 Å². The summed E-state index contributed by atoms with van der Waals surface area (Å²) in [6.45, 7) is 5.51. The zero-order chi connectivity index (χ0) is 13.5. The second-order valence-corrected chi connectivity index (χ2v) is 5.26.